The number of esters is 1. The van der Waals surface area contributed by atoms with Gasteiger partial charge in [-0.25, -0.2) is 0 Å². The van der Waals surface area contributed by atoms with Gasteiger partial charge >= 0.3 is 5.97 Å². The van der Waals surface area contributed by atoms with Gasteiger partial charge in [-0.1, -0.05) is 0 Å². The van der Waals surface area contributed by atoms with Crippen LogP contribution in [0.1, 0.15) is 37.9 Å². The van der Waals surface area contributed by atoms with Gasteiger partial charge in [0.1, 0.15) is 0 Å². The molecule has 116 valence electrons. The second-order valence-electron chi connectivity index (χ2n) is 4.74. The molecule has 1 aromatic carbocycles. The highest BCUT2D eigenvalue weighted by molar-refractivity contribution is 9.10. The molecule has 1 aliphatic heterocycles. The smallest absolute Gasteiger partial charge is 0.305 e. The Labute approximate surface area is 132 Å². The summed E-state index contributed by atoms with van der Waals surface area (Å²) in [5.41, 5.74) is 0.690. The maximum atomic E-state index is 11.3. The average molecular weight is 359 g/mol. The lowest BCUT2D eigenvalue weighted by Gasteiger charge is -2.15. The zero-order valence-corrected chi connectivity index (χ0v) is 13.5. The van der Waals surface area contributed by atoms with Crippen LogP contribution in [0.4, 0.5) is 0 Å². The van der Waals surface area contributed by atoms with Gasteiger partial charge in [0.15, 0.2) is 11.5 Å². The van der Waals surface area contributed by atoms with Crippen LogP contribution in [0, 0.1) is 0 Å². The summed E-state index contributed by atoms with van der Waals surface area (Å²) in [6.45, 7) is 3.30. The molecule has 1 atom stereocenters. The number of hydrogen-bond acceptors (Lipinski definition) is 5. The largest absolute Gasteiger partial charge is 0.490 e. The Balaban J connectivity index is 2.07. The molecule has 0 saturated heterocycles. The van der Waals surface area contributed by atoms with E-state index in [4.69, 9.17) is 14.2 Å². The van der Waals surface area contributed by atoms with Crippen LogP contribution in [0.3, 0.4) is 0 Å². The first-order chi connectivity index (χ1) is 10.1. The van der Waals surface area contributed by atoms with E-state index in [2.05, 4.69) is 15.9 Å². The van der Waals surface area contributed by atoms with Crippen LogP contribution >= 0.6 is 15.9 Å². The molecular weight excluding hydrogens is 340 g/mol. The van der Waals surface area contributed by atoms with Crippen LogP contribution in [-0.4, -0.2) is 30.9 Å². The summed E-state index contributed by atoms with van der Waals surface area (Å²) in [4.78, 5) is 11.3. The lowest BCUT2D eigenvalue weighted by atomic mass is 10.0. The molecule has 0 fully saturated rings. The van der Waals surface area contributed by atoms with Crippen molar-refractivity contribution in [2.75, 3.05) is 19.8 Å². The van der Waals surface area contributed by atoms with Crippen molar-refractivity contribution >= 4 is 21.9 Å². The van der Waals surface area contributed by atoms with Crippen LogP contribution in [0.15, 0.2) is 16.6 Å². The van der Waals surface area contributed by atoms with Crippen LogP contribution in [0.2, 0.25) is 0 Å². The minimum Gasteiger partial charge on any atom is -0.490 e. The van der Waals surface area contributed by atoms with Crippen molar-refractivity contribution < 1.29 is 24.1 Å². The van der Waals surface area contributed by atoms with Gasteiger partial charge < -0.3 is 19.3 Å². The summed E-state index contributed by atoms with van der Waals surface area (Å²) in [6, 6.07) is 3.56. The Morgan fingerprint density at radius 3 is 2.95 bits per heavy atom. The monoisotopic (exact) mass is 358 g/mol. The molecule has 1 heterocycles. The number of carbonyl (C=O) groups is 1. The molecule has 0 aromatic heterocycles. The van der Waals surface area contributed by atoms with Gasteiger partial charge in [0.25, 0.3) is 0 Å². The molecule has 1 aromatic rings. The number of benzene rings is 1. The van der Waals surface area contributed by atoms with E-state index in [9.17, 15) is 9.90 Å². The standard InChI is InChI=1S/C15H19BrO5/c1-2-19-14(18)5-4-12(17)10-8-11(16)15-13(9-10)20-6-3-7-21-15/h8-9,12,17H,2-7H2,1H3. The Morgan fingerprint density at radius 1 is 1.43 bits per heavy atom. The van der Waals surface area contributed by atoms with Gasteiger partial charge in [-0.15, -0.1) is 0 Å². The second-order valence-corrected chi connectivity index (χ2v) is 5.59. The molecule has 2 rings (SSSR count). The molecule has 5 nitrogen and oxygen atoms in total. The van der Waals surface area contributed by atoms with Gasteiger partial charge in [-0.2, -0.15) is 0 Å². The molecule has 0 spiro atoms. The Kier molecular flexibility index (Phi) is 5.87. The van der Waals surface area contributed by atoms with E-state index in [-0.39, 0.29) is 12.4 Å². The molecule has 0 aliphatic carbocycles. The van der Waals surface area contributed by atoms with Crippen molar-refractivity contribution in [3.63, 3.8) is 0 Å². The predicted molar refractivity (Wildman–Crippen MR) is 80.6 cm³/mol. The van der Waals surface area contributed by atoms with E-state index in [0.29, 0.717) is 43.3 Å². The van der Waals surface area contributed by atoms with Gasteiger partial charge in [0.05, 0.1) is 30.4 Å². The summed E-state index contributed by atoms with van der Waals surface area (Å²) in [6.07, 6.45) is 0.566. The summed E-state index contributed by atoms with van der Waals surface area (Å²) >= 11 is 3.43. The number of fused-ring (bicyclic) bond motifs is 1. The van der Waals surface area contributed by atoms with Crippen LogP contribution in [-0.2, 0) is 9.53 Å². The molecule has 0 radical (unpaired) electrons. The maximum absolute atomic E-state index is 11.3. The van der Waals surface area contributed by atoms with E-state index < -0.39 is 6.10 Å². The van der Waals surface area contributed by atoms with Crippen LogP contribution < -0.4 is 9.47 Å². The Morgan fingerprint density at radius 2 is 2.19 bits per heavy atom. The van der Waals surface area contributed by atoms with Crippen molar-refractivity contribution in [3.05, 3.63) is 22.2 Å². The number of rotatable bonds is 5. The third-order valence-electron chi connectivity index (χ3n) is 3.14. The first-order valence-electron chi connectivity index (χ1n) is 7.04. The highest BCUT2D eigenvalue weighted by atomic mass is 79.9. The van der Waals surface area contributed by atoms with Gasteiger partial charge in [0, 0.05) is 12.8 Å². The Hall–Kier alpha value is -1.27. The van der Waals surface area contributed by atoms with Gasteiger partial charge in [-0.05, 0) is 47.0 Å². The number of hydrogen-bond donors (Lipinski definition) is 1. The van der Waals surface area contributed by atoms with E-state index in [1.165, 1.54) is 0 Å². The molecule has 0 saturated carbocycles. The fourth-order valence-electron chi connectivity index (χ4n) is 2.10. The topological polar surface area (TPSA) is 65.0 Å². The van der Waals surface area contributed by atoms with E-state index >= 15 is 0 Å². The van der Waals surface area contributed by atoms with Gasteiger partial charge in [0.2, 0.25) is 0 Å². The van der Waals surface area contributed by atoms with Crippen molar-refractivity contribution in [2.24, 2.45) is 0 Å². The fraction of sp³-hybridized carbons (Fsp3) is 0.533. The number of ether oxygens (including phenoxy) is 3. The minimum absolute atomic E-state index is 0.182. The van der Waals surface area contributed by atoms with Crippen molar-refractivity contribution in [1.29, 1.82) is 0 Å². The molecule has 1 N–H and O–H groups in total. The highest BCUT2D eigenvalue weighted by Gasteiger charge is 2.19. The van der Waals surface area contributed by atoms with Crippen LogP contribution in [0.25, 0.3) is 0 Å². The number of carbonyl (C=O) groups excluding carboxylic acids is 1. The van der Waals surface area contributed by atoms with Crippen molar-refractivity contribution in [3.8, 4) is 11.5 Å². The zero-order valence-electron chi connectivity index (χ0n) is 11.9. The minimum atomic E-state index is -0.747. The number of aliphatic hydroxyl groups is 1. The summed E-state index contributed by atoms with van der Waals surface area (Å²) in [5.74, 6) is 0.978. The maximum Gasteiger partial charge on any atom is 0.305 e. The molecule has 21 heavy (non-hydrogen) atoms. The lowest BCUT2D eigenvalue weighted by molar-refractivity contribution is -0.143. The molecule has 1 unspecified atom stereocenters. The van der Waals surface area contributed by atoms with E-state index in [1.807, 2.05) is 0 Å². The summed E-state index contributed by atoms with van der Waals surface area (Å²) in [5, 5.41) is 10.2. The molecular formula is C15H19BrO5. The third kappa shape index (κ3) is 4.35. The number of aliphatic hydroxyl groups excluding tert-OH is 1. The van der Waals surface area contributed by atoms with E-state index in [1.54, 1.807) is 19.1 Å². The fourth-order valence-corrected chi connectivity index (χ4v) is 2.67. The summed E-state index contributed by atoms with van der Waals surface area (Å²) < 4.78 is 16.8. The lowest BCUT2D eigenvalue weighted by Crippen LogP contribution is -2.07. The summed E-state index contributed by atoms with van der Waals surface area (Å²) in [7, 11) is 0. The molecule has 1 aliphatic rings. The predicted octanol–water partition coefficient (Wildman–Crippen LogP) is 2.99. The average Bonchev–Trinajstić information content (AvgIpc) is 2.70. The first-order valence-corrected chi connectivity index (χ1v) is 7.83. The van der Waals surface area contributed by atoms with Crippen molar-refractivity contribution in [1.82, 2.24) is 0 Å². The normalized spacial score (nSPS) is 15.2. The second kappa shape index (κ2) is 7.66. The molecule has 0 bridgehead atoms. The first kappa shape index (κ1) is 16.1. The Bertz CT molecular complexity index is 503. The highest BCUT2D eigenvalue weighted by Crippen LogP contribution is 2.40. The van der Waals surface area contributed by atoms with E-state index in [0.717, 1.165) is 10.9 Å². The zero-order chi connectivity index (χ0) is 15.2. The van der Waals surface area contributed by atoms with Gasteiger partial charge in [-0.3, -0.25) is 4.79 Å². The molecule has 6 heteroatoms. The van der Waals surface area contributed by atoms with Crippen LogP contribution in [0.5, 0.6) is 11.5 Å². The third-order valence-corrected chi connectivity index (χ3v) is 3.73. The quantitative estimate of drug-likeness (QED) is 0.819. The number of halogens is 1. The molecule has 0 amide bonds. The SMILES string of the molecule is CCOC(=O)CCC(O)c1cc(Br)c2c(c1)OCCCO2. The van der Waals surface area contributed by atoms with Crippen molar-refractivity contribution in [2.45, 2.75) is 32.3 Å².